The van der Waals surface area contributed by atoms with E-state index in [9.17, 15) is 4.79 Å². The summed E-state index contributed by atoms with van der Waals surface area (Å²) >= 11 is 0. The van der Waals surface area contributed by atoms with Crippen molar-refractivity contribution in [1.29, 1.82) is 0 Å². The van der Waals surface area contributed by atoms with Gasteiger partial charge in [-0.1, -0.05) is 18.2 Å². The van der Waals surface area contributed by atoms with Crippen LogP contribution in [0.25, 0.3) is 5.69 Å². The fraction of sp³-hybridized carbons (Fsp3) is 0.250. The fourth-order valence-corrected chi connectivity index (χ4v) is 3.29. The summed E-state index contributed by atoms with van der Waals surface area (Å²) in [7, 11) is 0. The van der Waals surface area contributed by atoms with Crippen molar-refractivity contribution in [2.45, 2.75) is 19.4 Å². The van der Waals surface area contributed by atoms with Crippen LogP contribution >= 0.6 is 0 Å². The predicted molar refractivity (Wildman–Crippen MR) is 100 cm³/mol. The van der Waals surface area contributed by atoms with Crippen molar-refractivity contribution in [2.75, 3.05) is 18.0 Å². The van der Waals surface area contributed by atoms with Gasteiger partial charge in [0.05, 0.1) is 5.69 Å². The van der Waals surface area contributed by atoms with Gasteiger partial charge in [-0.05, 0) is 48.7 Å². The number of amides is 1. The first-order valence-corrected chi connectivity index (χ1v) is 8.87. The average molecular weight is 347 g/mol. The van der Waals surface area contributed by atoms with Crippen LogP contribution in [0.4, 0.5) is 5.69 Å². The number of anilines is 1. The lowest BCUT2D eigenvalue weighted by Crippen LogP contribution is -2.24. The third kappa shape index (κ3) is 3.44. The largest absolute Gasteiger partial charge is 0.372 e. The number of aromatic nitrogens is 3. The highest BCUT2D eigenvalue weighted by Gasteiger charge is 2.13. The Morgan fingerprint density at radius 3 is 2.54 bits per heavy atom. The molecule has 0 bridgehead atoms. The molecule has 6 heteroatoms. The standard InChI is InChI=1S/C20H21N5O/c26-20(16-7-9-18(10-8-16)24-11-3-4-12-24)22-13-17-5-1-2-6-19(17)25-15-21-14-23-25/h1-2,5-10,14-15H,3-4,11-13H2,(H,22,26). The monoisotopic (exact) mass is 347 g/mol. The van der Waals surface area contributed by atoms with Crippen LogP contribution < -0.4 is 10.2 Å². The Hall–Kier alpha value is -3.15. The zero-order chi connectivity index (χ0) is 17.8. The highest BCUT2D eigenvalue weighted by Crippen LogP contribution is 2.20. The smallest absolute Gasteiger partial charge is 0.251 e. The van der Waals surface area contributed by atoms with Crippen LogP contribution in [-0.4, -0.2) is 33.8 Å². The van der Waals surface area contributed by atoms with Gasteiger partial charge in [-0.15, -0.1) is 0 Å². The second-order valence-electron chi connectivity index (χ2n) is 6.39. The maximum absolute atomic E-state index is 12.5. The molecule has 1 N–H and O–H groups in total. The number of para-hydroxylation sites is 1. The van der Waals surface area contributed by atoms with Crippen LogP contribution in [0.3, 0.4) is 0 Å². The molecule has 2 aromatic carbocycles. The molecule has 1 aliphatic heterocycles. The van der Waals surface area contributed by atoms with Gasteiger partial charge in [0.25, 0.3) is 5.91 Å². The molecular weight excluding hydrogens is 326 g/mol. The lowest BCUT2D eigenvalue weighted by molar-refractivity contribution is 0.0951. The average Bonchev–Trinajstić information content (AvgIpc) is 3.40. The lowest BCUT2D eigenvalue weighted by Gasteiger charge is -2.17. The fourth-order valence-electron chi connectivity index (χ4n) is 3.29. The van der Waals surface area contributed by atoms with Crippen LogP contribution in [0.1, 0.15) is 28.8 Å². The number of nitrogens with one attached hydrogen (secondary N) is 1. The van der Waals surface area contributed by atoms with Gasteiger partial charge in [-0.25, -0.2) is 9.67 Å². The summed E-state index contributed by atoms with van der Waals surface area (Å²) in [6, 6.07) is 15.7. The maximum Gasteiger partial charge on any atom is 0.251 e. The number of carbonyl (C=O) groups is 1. The second kappa shape index (κ2) is 7.39. The summed E-state index contributed by atoms with van der Waals surface area (Å²) in [6.07, 6.45) is 5.63. The summed E-state index contributed by atoms with van der Waals surface area (Å²) in [5, 5.41) is 7.16. The summed E-state index contributed by atoms with van der Waals surface area (Å²) < 4.78 is 1.70. The molecule has 0 unspecified atom stereocenters. The van der Waals surface area contributed by atoms with E-state index in [0.717, 1.165) is 24.3 Å². The second-order valence-corrected chi connectivity index (χ2v) is 6.39. The number of carbonyl (C=O) groups excluding carboxylic acids is 1. The van der Waals surface area contributed by atoms with Crippen LogP contribution in [0.2, 0.25) is 0 Å². The Bertz CT molecular complexity index is 867. The highest BCUT2D eigenvalue weighted by atomic mass is 16.1. The number of hydrogen-bond acceptors (Lipinski definition) is 4. The van der Waals surface area contributed by atoms with Crippen molar-refractivity contribution >= 4 is 11.6 Å². The van der Waals surface area contributed by atoms with E-state index in [0.29, 0.717) is 12.1 Å². The zero-order valence-corrected chi connectivity index (χ0v) is 14.5. The molecule has 1 amide bonds. The van der Waals surface area contributed by atoms with Crippen molar-refractivity contribution < 1.29 is 4.79 Å². The van der Waals surface area contributed by atoms with Gasteiger partial charge < -0.3 is 10.2 Å². The Morgan fingerprint density at radius 2 is 1.81 bits per heavy atom. The molecule has 1 fully saturated rings. The van der Waals surface area contributed by atoms with E-state index in [2.05, 4.69) is 20.3 Å². The zero-order valence-electron chi connectivity index (χ0n) is 14.5. The van der Waals surface area contributed by atoms with Gasteiger partial charge in [-0.2, -0.15) is 5.10 Å². The summed E-state index contributed by atoms with van der Waals surface area (Å²) in [5.74, 6) is -0.0774. The Kier molecular flexibility index (Phi) is 4.64. The van der Waals surface area contributed by atoms with E-state index in [1.165, 1.54) is 24.9 Å². The quantitative estimate of drug-likeness (QED) is 0.771. The third-order valence-corrected chi connectivity index (χ3v) is 4.70. The van der Waals surface area contributed by atoms with Gasteiger partial charge in [0.15, 0.2) is 0 Å². The van der Waals surface area contributed by atoms with E-state index < -0.39 is 0 Å². The first-order chi connectivity index (χ1) is 12.8. The summed E-state index contributed by atoms with van der Waals surface area (Å²) in [4.78, 5) is 18.8. The van der Waals surface area contributed by atoms with E-state index in [1.807, 2.05) is 48.5 Å². The number of benzene rings is 2. The molecule has 3 aromatic rings. The minimum absolute atomic E-state index is 0.0774. The van der Waals surface area contributed by atoms with Crippen LogP contribution in [-0.2, 0) is 6.54 Å². The molecular formula is C20H21N5O. The van der Waals surface area contributed by atoms with Crippen LogP contribution in [0.15, 0.2) is 61.2 Å². The van der Waals surface area contributed by atoms with Crippen molar-refractivity contribution in [1.82, 2.24) is 20.1 Å². The lowest BCUT2D eigenvalue weighted by atomic mass is 10.1. The Morgan fingerprint density at radius 1 is 1.04 bits per heavy atom. The number of hydrogen-bond donors (Lipinski definition) is 1. The van der Waals surface area contributed by atoms with E-state index in [-0.39, 0.29) is 5.91 Å². The molecule has 6 nitrogen and oxygen atoms in total. The highest BCUT2D eigenvalue weighted by molar-refractivity contribution is 5.94. The molecule has 0 atom stereocenters. The van der Waals surface area contributed by atoms with Gasteiger partial charge in [0.2, 0.25) is 0 Å². The van der Waals surface area contributed by atoms with E-state index in [1.54, 1.807) is 11.0 Å². The molecule has 1 aromatic heterocycles. The summed E-state index contributed by atoms with van der Waals surface area (Å²) in [6.45, 7) is 2.64. The van der Waals surface area contributed by atoms with Crippen molar-refractivity contribution in [3.05, 3.63) is 72.3 Å². The minimum atomic E-state index is -0.0774. The maximum atomic E-state index is 12.5. The van der Waals surface area contributed by atoms with Gasteiger partial charge in [0, 0.05) is 30.9 Å². The molecule has 1 saturated heterocycles. The van der Waals surface area contributed by atoms with Crippen molar-refractivity contribution in [3.8, 4) is 5.69 Å². The predicted octanol–water partition coefficient (Wildman–Crippen LogP) is 2.80. The molecule has 0 aliphatic carbocycles. The molecule has 0 saturated carbocycles. The first kappa shape index (κ1) is 16.3. The molecule has 1 aliphatic rings. The Labute approximate surface area is 152 Å². The minimum Gasteiger partial charge on any atom is -0.372 e. The van der Waals surface area contributed by atoms with Crippen LogP contribution in [0, 0.1) is 0 Å². The van der Waals surface area contributed by atoms with E-state index >= 15 is 0 Å². The SMILES string of the molecule is O=C(NCc1ccccc1-n1cncn1)c1ccc(N2CCCC2)cc1. The topological polar surface area (TPSA) is 63.1 Å². The first-order valence-electron chi connectivity index (χ1n) is 8.87. The van der Waals surface area contributed by atoms with Crippen molar-refractivity contribution in [2.24, 2.45) is 0 Å². The Balaban J connectivity index is 1.43. The van der Waals surface area contributed by atoms with E-state index in [4.69, 9.17) is 0 Å². The number of nitrogens with zero attached hydrogens (tertiary/aromatic N) is 4. The van der Waals surface area contributed by atoms with Gasteiger partial charge >= 0.3 is 0 Å². The normalized spacial score (nSPS) is 13.8. The molecule has 4 rings (SSSR count). The molecule has 26 heavy (non-hydrogen) atoms. The molecule has 0 spiro atoms. The molecule has 0 radical (unpaired) electrons. The van der Waals surface area contributed by atoms with Gasteiger partial charge in [-0.3, -0.25) is 4.79 Å². The molecule has 132 valence electrons. The van der Waals surface area contributed by atoms with Crippen LogP contribution in [0.5, 0.6) is 0 Å². The molecule has 2 heterocycles. The van der Waals surface area contributed by atoms with Crippen molar-refractivity contribution in [3.63, 3.8) is 0 Å². The van der Waals surface area contributed by atoms with Gasteiger partial charge in [0.1, 0.15) is 12.7 Å². The summed E-state index contributed by atoms with van der Waals surface area (Å²) in [5.41, 5.74) is 3.76. The third-order valence-electron chi connectivity index (χ3n) is 4.70. The number of rotatable bonds is 5.